The van der Waals surface area contributed by atoms with E-state index in [1.807, 2.05) is 25.2 Å². The molecule has 2 aromatic carbocycles. The maximum atomic E-state index is 13.4. The van der Waals surface area contributed by atoms with Crippen molar-refractivity contribution in [1.82, 2.24) is 19.7 Å². The Morgan fingerprint density at radius 2 is 2.16 bits per heavy atom. The number of hydrogen-bond donors (Lipinski definition) is 1. The van der Waals surface area contributed by atoms with E-state index in [2.05, 4.69) is 16.0 Å². The minimum Gasteiger partial charge on any atom is -0.491 e. The average Bonchev–Trinajstić information content (AvgIpc) is 3.36. The molecule has 4 aromatic rings. The van der Waals surface area contributed by atoms with Crippen molar-refractivity contribution < 1.29 is 9.53 Å². The van der Waals surface area contributed by atoms with E-state index >= 15 is 0 Å². The number of nitrogen functional groups attached to an aromatic ring is 1. The Morgan fingerprint density at radius 3 is 2.94 bits per heavy atom. The number of carbonyl (C=O) groups is 1. The second-order valence-electron chi connectivity index (χ2n) is 7.52. The van der Waals surface area contributed by atoms with Gasteiger partial charge in [0.2, 0.25) is 0 Å². The molecule has 1 amide bonds. The molecule has 0 bridgehead atoms. The van der Waals surface area contributed by atoms with Crippen molar-refractivity contribution >= 4 is 45.1 Å². The monoisotopic (exact) mass is 431 g/mol. The molecule has 154 valence electrons. The lowest BCUT2D eigenvalue weighted by Crippen LogP contribution is -2.32. The van der Waals surface area contributed by atoms with Crippen LogP contribution in [0.3, 0.4) is 0 Å². The number of likely N-dealkylation sites (N-methyl/N-ethyl adjacent to an activating group) is 1. The second-order valence-corrected chi connectivity index (χ2v) is 7.92. The summed E-state index contributed by atoms with van der Waals surface area (Å²) in [6.45, 7) is 0.348. The number of aromatic nitrogens is 3. The van der Waals surface area contributed by atoms with Crippen LogP contribution in [0.25, 0.3) is 21.8 Å². The molecule has 0 spiro atoms. The lowest BCUT2D eigenvalue weighted by molar-refractivity contribution is 0.0709. The number of rotatable bonds is 2. The third-order valence-electron chi connectivity index (χ3n) is 5.75. The fraction of sp³-hybridized carbons (Fsp3) is 0.174. The smallest absolute Gasteiger partial charge is 0.255 e. The van der Waals surface area contributed by atoms with Crippen molar-refractivity contribution in [2.24, 2.45) is 7.05 Å². The highest BCUT2D eigenvalue weighted by atomic mass is 35.5. The van der Waals surface area contributed by atoms with Crippen molar-refractivity contribution in [3.05, 3.63) is 58.2 Å². The van der Waals surface area contributed by atoms with Crippen LogP contribution >= 0.6 is 11.6 Å². The van der Waals surface area contributed by atoms with Gasteiger partial charge < -0.3 is 15.4 Å². The minimum atomic E-state index is -0.248. The predicted octanol–water partition coefficient (Wildman–Crippen LogP) is 3.54. The fourth-order valence-corrected chi connectivity index (χ4v) is 4.32. The van der Waals surface area contributed by atoms with Gasteiger partial charge in [-0.15, -0.1) is 6.42 Å². The van der Waals surface area contributed by atoms with Crippen molar-refractivity contribution in [3.63, 3.8) is 0 Å². The summed E-state index contributed by atoms with van der Waals surface area (Å²) >= 11 is 6.50. The van der Waals surface area contributed by atoms with E-state index in [0.717, 1.165) is 27.4 Å². The first-order valence-electron chi connectivity index (χ1n) is 9.60. The number of nitrogens with two attached hydrogens (primary N) is 1. The van der Waals surface area contributed by atoms with Crippen LogP contribution in [0.1, 0.15) is 27.5 Å². The lowest BCUT2D eigenvalue weighted by atomic mass is 10.0. The Bertz CT molecular complexity index is 1440. The number of ether oxygens (including phenoxy) is 1. The summed E-state index contributed by atoms with van der Waals surface area (Å²) in [5, 5.41) is 6.07. The van der Waals surface area contributed by atoms with Crippen LogP contribution in [-0.2, 0) is 7.05 Å². The number of nitrogens with zero attached hydrogens (tertiary/aromatic N) is 4. The number of aryl methyl sites for hydroxylation is 1. The second kappa shape index (κ2) is 6.89. The molecule has 1 aliphatic heterocycles. The number of fused-ring (bicyclic) bond motifs is 4. The van der Waals surface area contributed by atoms with Gasteiger partial charge in [-0.3, -0.25) is 9.48 Å². The van der Waals surface area contributed by atoms with Crippen LogP contribution in [0.5, 0.6) is 5.75 Å². The van der Waals surface area contributed by atoms with E-state index in [1.165, 1.54) is 0 Å². The van der Waals surface area contributed by atoms with Gasteiger partial charge in [-0.25, -0.2) is 4.98 Å². The van der Waals surface area contributed by atoms with E-state index in [1.54, 1.807) is 35.0 Å². The first kappa shape index (κ1) is 19.2. The van der Waals surface area contributed by atoms with Crippen LogP contribution in [0.15, 0.2) is 36.5 Å². The molecule has 1 unspecified atom stereocenters. The van der Waals surface area contributed by atoms with Gasteiger partial charge in [0.15, 0.2) is 0 Å². The minimum absolute atomic E-state index is 0.221. The van der Waals surface area contributed by atoms with E-state index in [4.69, 9.17) is 28.5 Å². The first-order chi connectivity index (χ1) is 14.9. The SMILES string of the molecule is C#Cc1ccc2c(c1)OCC2N(C)C(=O)c1cc2c(cc1Cl)nc(N)c1cnn(C)c12. The molecule has 5 rings (SSSR count). The van der Waals surface area contributed by atoms with Crippen LogP contribution < -0.4 is 10.5 Å². The van der Waals surface area contributed by atoms with Crippen LogP contribution in [0, 0.1) is 12.3 Å². The predicted molar refractivity (Wildman–Crippen MR) is 120 cm³/mol. The maximum Gasteiger partial charge on any atom is 0.255 e. The maximum absolute atomic E-state index is 13.4. The zero-order valence-electron chi connectivity index (χ0n) is 16.9. The Labute approximate surface area is 183 Å². The Balaban J connectivity index is 1.58. The van der Waals surface area contributed by atoms with Gasteiger partial charge in [0.05, 0.1) is 39.2 Å². The van der Waals surface area contributed by atoms with Gasteiger partial charge >= 0.3 is 0 Å². The van der Waals surface area contributed by atoms with Crippen molar-refractivity contribution in [1.29, 1.82) is 0 Å². The molecule has 1 aliphatic rings. The molecule has 2 N–H and O–H groups in total. The number of hydrogen-bond acceptors (Lipinski definition) is 5. The normalized spacial score (nSPS) is 15.0. The summed E-state index contributed by atoms with van der Waals surface area (Å²) in [5.41, 5.74) is 9.50. The van der Waals surface area contributed by atoms with Gasteiger partial charge in [0.1, 0.15) is 18.2 Å². The highest BCUT2D eigenvalue weighted by molar-refractivity contribution is 6.35. The summed E-state index contributed by atoms with van der Waals surface area (Å²) in [5.74, 6) is 3.44. The van der Waals surface area contributed by atoms with Gasteiger partial charge in [0, 0.05) is 30.6 Å². The van der Waals surface area contributed by atoms with E-state index < -0.39 is 0 Å². The number of amides is 1. The van der Waals surface area contributed by atoms with Crippen molar-refractivity contribution in [2.75, 3.05) is 19.4 Å². The Morgan fingerprint density at radius 1 is 1.35 bits per heavy atom. The Hall–Kier alpha value is -3.76. The highest BCUT2D eigenvalue weighted by Gasteiger charge is 2.32. The van der Waals surface area contributed by atoms with Gasteiger partial charge in [-0.1, -0.05) is 23.6 Å². The molecule has 2 aromatic heterocycles. The number of carbonyl (C=O) groups excluding carboxylic acids is 1. The molecule has 0 saturated carbocycles. The quantitative estimate of drug-likeness (QED) is 0.490. The molecule has 31 heavy (non-hydrogen) atoms. The zero-order chi connectivity index (χ0) is 21.9. The van der Waals surface area contributed by atoms with Gasteiger partial charge in [-0.05, 0) is 24.3 Å². The number of halogens is 1. The largest absolute Gasteiger partial charge is 0.491 e. The first-order valence-corrected chi connectivity index (χ1v) is 9.97. The number of terminal acetylenes is 1. The zero-order valence-corrected chi connectivity index (χ0v) is 17.6. The molecule has 1 atom stereocenters. The number of anilines is 1. The van der Waals surface area contributed by atoms with Gasteiger partial charge in [-0.2, -0.15) is 5.10 Å². The third-order valence-corrected chi connectivity index (χ3v) is 6.06. The molecule has 8 heteroatoms. The van der Waals surface area contributed by atoms with Crippen molar-refractivity contribution in [3.8, 4) is 18.1 Å². The van der Waals surface area contributed by atoms with Gasteiger partial charge in [0.25, 0.3) is 5.91 Å². The average molecular weight is 432 g/mol. The van der Waals surface area contributed by atoms with Crippen LogP contribution in [0.4, 0.5) is 5.82 Å². The summed E-state index contributed by atoms with van der Waals surface area (Å²) < 4.78 is 7.49. The summed E-state index contributed by atoms with van der Waals surface area (Å²) in [7, 11) is 3.56. The molecular formula is C23H18ClN5O2. The number of pyridine rings is 1. The fourth-order valence-electron chi connectivity index (χ4n) is 4.08. The molecule has 7 nitrogen and oxygen atoms in total. The lowest BCUT2D eigenvalue weighted by Gasteiger charge is -2.24. The number of benzene rings is 2. The standard InChI is InChI=1S/C23H18ClN5O2/c1-4-12-5-6-13-19(11-31-20(13)7-12)28(2)23(30)14-8-15-18(9-17(14)24)27-22(25)16-10-26-29(3)21(15)16/h1,5-10,19H,11H2,2-3H3,(H2,25,27). The third kappa shape index (κ3) is 2.87. The topological polar surface area (TPSA) is 86.3 Å². The molecule has 0 aliphatic carbocycles. The molecule has 0 radical (unpaired) electrons. The molecular weight excluding hydrogens is 414 g/mol. The van der Waals surface area contributed by atoms with Crippen molar-refractivity contribution in [2.45, 2.75) is 6.04 Å². The molecule has 3 heterocycles. The molecule has 0 fully saturated rings. The Kier molecular flexibility index (Phi) is 4.27. The van der Waals surface area contributed by atoms with Crippen LogP contribution in [-0.4, -0.2) is 39.2 Å². The highest BCUT2D eigenvalue weighted by Crippen LogP contribution is 2.38. The van der Waals surface area contributed by atoms with Crippen LogP contribution in [0.2, 0.25) is 5.02 Å². The summed E-state index contributed by atoms with van der Waals surface area (Å²) in [6, 6.07) is 8.73. The van der Waals surface area contributed by atoms with E-state index in [9.17, 15) is 4.79 Å². The summed E-state index contributed by atoms with van der Waals surface area (Å²) in [4.78, 5) is 19.5. The summed E-state index contributed by atoms with van der Waals surface area (Å²) in [6.07, 6.45) is 7.14. The van der Waals surface area contributed by atoms with E-state index in [-0.39, 0.29) is 11.9 Å². The van der Waals surface area contributed by atoms with E-state index in [0.29, 0.717) is 34.3 Å². The molecule has 0 saturated heterocycles.